The van der Waals surface area contributed by atoms with E-state index in [1.165, 1.54) is 122 Å². The largest absolute Gasteiger partial charge is 0.387 e. The number of nitrogens with one attached hydrogen (secondary N) is 1. The van der Waals surface area contributed by atoms with Crippen LogP contribution in [0.5, 0.6) is 0 Å². The lowest BCUT2D eigenvalue weighted by Crippen LogP contribution is -2.50. The van der Waals surface area contributed by atoms with Crippen LogP contribution in [-0.2, 0) is 14.9 Å². The number of aliphatic hydroxyl groups is 2. The van der Waals surface area contributed by atoms with Gasteiger partial charge in [-0.3, -0.25) is 9.35 Å². The average molecular weight is 712 g/mol. The van der Waals surface area contributed by atoms with E-state index in [0.717, 1.165) is 44.9 Å². The molecule has 0 bridgehead atoms. The first-order valence-corrected chi connectivity index (χ1v) is 21.9. The molecule has 0 rings (SSSR count). The summed E-state index contributed by atoms with van der Waals surface area (Å²) >= 11 is 0. The Morgan fingerprint density at radius 2 is 0.918 bits per heavy atom. The molecular formula is C41H77NO6S. The van der Waals surface area contributed by atoms with E-state index in [4.69, 9.17) is 0 Å². The van der Waals surface area contributed by atoms with Crippen molar-refractivity contribution in [3.8, 4) is 0 Å². The van der Waals surface area contributed by atoms with Crippen molar-refractivity contribution in [3.05, 3.63) is 36.5 Å². The van der Waals surface area contributed by atoms with Gasteiger partial charge in [0.2, 0.25) is 5.91 Å². The molecule has 3 atom stereocenters. The third kappa shape index (κ3) is 34.7. The summed E-state index contributed by atoms with van der Waals surface area (Å²) in [6.45, 7) is 4.47. The predicted octanol–water partition coefficient (Wildman–Crippen LogP) is 10.7. The van der Waals surface area contributed by atoms with Crippen LogP contribution in [0.2, 0.25) is 0 Å². The van der Waals surface area contributed by atoms with Crippen molar-refractivity contribution in [2.45, 2.75) is 212 Å². The lowest BCUT2D eigenvalue weighted by molar-refractivity contribution is -0.130. The molecule has 0 aliphatic carbocycles. The van der Waals surface area contributed by atoms with Crippen LogP contribution >= 0.6 is 0 Å². The first-order chi connectivity index (χ1) is 23.7. The maximum Gasteiger partial charge on any atom is 0.267 e. The van der Waals surface area contributed by atoms with E-state index in [-0.39, 0.29) is 6.42 Å². The molecule has 0 radical (unpaired) electrons. The highest BCUT2D eigenvalue weighted by Crippen LogP contribution is 2.14. The zero-order valence-electron chi connectivity index (χ0n) is 31.7. The van der Waals surface area contributed by atoms with Gasteiger partial charge >= 0.3 is 0 Å². The Morgan fingerprint density at radius 1 is 0.551 bits per heavy atom. The van der Waals surface area contributed by atoms with Gasteiger partial charge in [0.15, 0.2) is 0 Å². The fourth-order valence-corrected chi connectivity index (χ4v) is 6.73. The maximum absolute atomic E-state index is 12.5. The van der Waals surface area contributed by atoms with Gasteiger partial charge in [0, 0.05) is 0 Å². The molecule has 0 aromatic carbocycles. The van der Waals surface area contributed by atoms with Gasteiger partial charge in [-0.1, -0.05) is 172 Å². The van der Waals surface area contributed by atoms with Crippen LogP contribution in [0, 0.1) is 0 Å². The topological polar surface area (TPSA) is 124 Å². The van der Waals surface area contributed by atoms with Crippen LogP contribution in [0.3, 0.4) is 0 Å². The second-order valence-corrected chi connectivity index (χ2v) is 15.5. The summed E-state index contributed by atoms with van der Waals surface area (Å²) in [7, 11) is -4.45. The number of unbranched alkanes of at least 4 members (excludes halogenated alkanes) is 23. The Hall–Kier alpha value is -1.48. The smallest absolute Gasteiger partial charge is 0.267 e. The lowest BCUT2D eigenvalue weighted by Gasteiger charge is -2.22. The molecule has 4 N–H and O–H groups in total. The van der Waals surface area contributed by atoms with E-state index in [2.05, 4.69) is 43.5 Å². The number of carbonyl (C=O) groups excluding carboxylic acids is 1. The van der Waals surface area contributed by atoms with E-state index in [1.807, 2.05) is 0 Å². The minimum Gasteiger partial charge on any atom is -0.387 e. The SMILES string of the molecule is CCCCC/C=C\CCCCCCC(O)C(=O)NC(CS(=O)(=O)O)C(O)/C=C/CC/C=C/CCCCCCCCCCCCCCCCC. The first kappa shape index (κ1) is 47.5. The van der Waals surface area contributed by atoms with Gasteiger partial charge in [-0.05, 0) is 57.8 Å². The summed E-state index contributed by atoms with van der Waals surface area (Å²) in [6, 6.07) is -1.25. The molecule has 0 heterocycles. The van der Waals surface area contributed by atoms with E-state index >= 15 is 0 Å². The van der Waals surface area contributed by atoms with Crippen molar-refractivity contribution >= 4 is 16.0 Å². The number of allylic oxidation sites excluding steroid dienone is 5. The zero-order chi connectivity index (χ0) is 36.3. The highest BCUT2D eigenvalue weighted by Gasteiger charge is 2.27. The summed E-state index contributed by atoms with van der Waals surface area (Å²) in [4.78, 5) is 12.5. The molecule has 0 saturated heterocycles. The summed E-state index contributed by atoms with van der Waals surface area (Å²) in [5, 5.41) is 23.3. The van der Waals surface area contributed by atoms with Crippen molar-refractivity contribution in [3.63, 3.8) is 0 Å². The minimum absolute atomic E-state index is 0.259. The molecule has 3 unspecified atom stereocenters. The van der Waals surface area contributed by atoms with Gasteiger partial charge in [0.1, 0.15) is 6.10 Å². The Kier molecular flexibility index (Phi) is 33.9. The average Bonchev–Trinajstić information content (AvgIpc) is 3.06. The summed E-state index contributed by atoms with van der Waals surface area (Å²) < 4.78 is 32.4. The zero-order valence-corrected chi connectivity index (χ0v) is 32.5. The normalized spacial score (nSPS) is 14.3. The molecule has 8 heteroatoms. The molecule has 1 amide bonds. The number of rotatable bonds is 36. The summed E-state index contributed by atoms with van der Waals surface area (Å²) in [6.07, 6.45) is 42.1. The molecule has 0 aromatic heterocycles. The third-order valence-corrected chi connectivity index (χ3v) is 9.93. The maximum atomic E-state index is 12.5. The van der Waals surface area contributed by atoms with Gasteiger partial charge in [-0.25, -0.2) is 0 Å². The summed E-state index contributed by atoms with van der Waals surface area (Å²) in [5.74, 6) is -1.57. The molecule has 0 aliphatic rings. The molecule has 7 nitrogen and oxygen atoms in total. The van der Waals surface area contributed by atoms with Gasteiger partial charge in [0.25, 0.3) is 10.1 Å². The van der Waals surface area contributed by atoms with Gasteiger partial charge < -0.3 is 15.5 Å². The fourth-order valence-electron chi connectivity index (χ4n) is 6.00. The fraction of sp³-hybridized carbons (Fsp3) is 0.829. The number of aliphatic hydroxyl groups excluding tert-OH is 2. The van der Waals surface area contributed by atoms with Crippen molar-refractivity contribution in [2.75, 3.05) is 5.75 Å². The molecule has 0 spiro atoms. The van der Waals surface area contributed by atoms with Crippen LogP contribution < -0.4 is 5.32 Å². The van der Waals surface area contributed by atoms with Crippen LogP contribution in [0.1, 0.15) is 194 Å². The highest BCUT2D eigenvalue weighted by atomic mass is 32.2. The van der Waals surface area contributed by atoms with Gasteiger partial charge in [0.05, 0.1) is 17.9 Å². The number of amides is 1. The molecule has 0 fully saturated rings. The van der Waals surface area contributed by atoms with Crippen molar-refractivity contribution in [2.24, 2.45) is 0 Å². The van der Waals surface area contributed by atoms with Crippen molar-refractivity contribution < 1.29 is 28.0 Å². The van der Waals surface area contributed by atoms with E-state index in [0.29, 0.717) is 12.8 Å². The predicted molar refractivity (Wildman–Crippen MR) is 208 cm³/mol. The van der Waals surface area contributed by atoms with Crippen LogP contribution in [-0.4, -0.2) is 53.1 Å². The Labute approximate surface area is 302 Å². The number of hydrogen-bond donors (Lipinski definition) is 4. The second-order valence-electron chi connectivity index (χ2n) is 14.0. The minimum atomic E-state index is -4.45. The van der Waals surface area contributed by atoms with Crippen LogP contribution in [0.25, 0.3) is 0 Å². The van der Waals surface area contributed by atoms with E-state index in [1.54, 1.807) is 6.08 Å². The monoisotopic (exact) mass is 712 g/mol. The van der Waals surface area contributed by atoms with Gasteiger partial charge in [-0.2, -0.15) is 8.42 Å². The molecule has 49 heavy (non-hydrogen) atoms. The first-order valence-electron chi connectivity index (χ1n) is 20.3. The number of hydrogen-bond acceptors (Lipinski definition) is 5. The van der Waals surface area contributed by atoms with Crippen molar-refractivity contribution in [1.29, 1.82) is 0 Å². The van der Waals surface area contributed by atoms with E-state index < -0.39 is 40.0 Å². The second kappa shape index (κ2) is 34.9. The Balaban J connectivity index is 4.06. The standard InChI is InChI=1S/C41H77NO6S/c1-3-5-7-9-11-13-15-16-17-18-19-20-21-22-23-24-26-27-29-31-33-35-39(43)38(37-49(46,47)48)42-41(45)40(44)36-34-32-30-28-25-14-12-10-8-6-4-2/h12,14,26-27,33,35,38-40,43-44H,3-11,13,15-25,28-32,34,36-37H2,1-2H3,(H,42,45)(H,46,47,48)/b14-12-,27-26+,35-33+. The molecule has 0 saturated carbocycles. The van der Waals surface area contributed by atoms with Crippen LogP contribution in [0.15, 0.2) is 36.5 Å². The number of carbonyl (C=O) groups is 1. The van der Waals surface area contributed by atoms with Crippen molar-refractivity contribution in [1.82, 2.24) is 5.32 Å². The van der Waals surface area contributed by atoms with E-state index in [9.17, 15) is 28.0 Å². The quantitative estimate of drug-likeness (QED) is 0.0291. The molecule has 288 valence electrons. The van der Waals surface area contributed by atoms with Gasteiger partial charge in [-0.15, -0.1) is 0 Å². The summed E-state index contributed by atoms with van der Waals surface area (Å²) in [5.41, 5.74) is 0. The lowest BCUT2D eigenvalue weighted by atomic mass is 10.0. The molecule has 0 aromatic rings. The van der Waals surface area contributed by atoms with Crippen LogP contribution in [0.4, 0.5) is 0 Å². The molecular weight excluding hydrogens is 635 g/mol. The third-order valence-electron chi connectivity index (χ3n) is 9.15. The Bertz CT molecular complexity index is 932. The molecule has 0 aliphatic heterocycles. The Morgan fingerprint density at radius 3 is 1.39 bits per heavy atom. The highest BCUT2D eigenvalue weighted by molar-refractivity contribution is 7.85.